The maximum Gasteiger partial charge on any atom is 0.321 e. The molecule has 2 N–H and O–H groups in total. The molecule has 1 aromatic rings. The van der Waals surface area contributed by atoms with Gasteiger partial charge in [0.2, 0.25) is 0 Å². The molecule has 1 aromatic carbocycles. The van der Waals surface area contributed by atoms with Gasteiger partial charge >= 0.3 is 5.97 Å². The molecule has 0 bridgehead atoms. The molecule has 16 heavy (non-hydrogen) atoms. The van der Waals surface area contributed by atoms with Crippen molar-refractivity contribution in [3.8, 4) is 0 Å². The van der Waals surface area contributed by atoms with E-state index in [1.807, 2.05) is 31.2 Å². The van der Waals surface area contributed by atoms with Crippen LogP contribution in [0.25, 0.3) is 0 Å². The average Bonchev–Trinajstić information content (AvgIpc) is 2.71. The second kappa shape index (κ2) is 4.47. The first-order valence-corrected chi connectivity index (χ1v) is 6.14. The molecule has 4 heteroatoms. The van der Waals surface area contributed by atoms with E-state index in [0.717, 1.165) is 11.4 Å². The Morgan fingerprint density at radius 1 is 1.44 bits per heavy atom. The van der Waals surface area contributed by atoms with Crippen LogP contribution < -0.4 is 5.32 Å². The summed E-state index contributed by atoms with van der Waals surface area (Å²) in [7, 11) is 0. The Morgan fingerprint density at radius 3 is 2.62 bits per heavy atom. The third-order valence-corrected chi connectivity index (χ3v) is 4.26. The lowest BCUT2D eigenvalue weighted by atomic mass is 10.1. The summed E-state index contributed by atoms with van der Waals surface area (Å²) >= 11 is 1.45. The van der Waals surface area contributed by atoms with E-state index >= 15 is 0 Å². The number of carbonyl (C=O) groups is 1. The van der Waals surface area contributed by atoms with E-state index in [2.05, 4.69) is 5.32 Å². The highest BCUT2D eigenvalue weighted by atomic mass is 32.2. The number of carboxylic acid groups (broad SMARTS) is 1. The smallest absolute Gasteiger partial charge is 0.321 e. The molecule has 86 valence electrons. The van der Waals surface area contributed by atoms with Crippen LogP contribution in [0.5, 0.6) is 0 Å². The van der Waals surface area contributed by atoms with Crippen molar-refractivity contribution in [2.45, 2.75) is 23.0 Å². The number of aliphatic carboxylic acids is 1. The van der Waals surface area contributed by atoms with E-state index in [1.54, 1.807) is 0 Å². The summed E-state index contributed by atoms with van der Waals surface area (Å²) in [6, 6.07) is 8.01. The Labute approximate surface area is 99.2 Å². The number of benzene rings is 1. The van der Waals surface area contributed by atoms with Crippen LogP contribution in [0, 0.1) is 6.92 Å². The number of rotatable bonds is 3. The van der Waals surface area contributed by atoms with Gasteiger partial charge in [-0.25, -0.2) is 0 Å². The zero-order chi connectivity index (χ0) is 11.6. The Bertz CT molecular complexity index is 383. The molecular weight excluding hydrogens is 222 g/mol. The molecule has 0 spiro atoms. The maximum atomic E-state index is 11.3. The van der Waals surface area contributed by atoms with Crippen LogP contribution in [0.3, 0.4) is 0 Å². The third kappa shape index (κ3) is 2.23. The molecule has 1 saturated heterocycles. The monoisotopic (exact) mass is 237 g/mol. The quantitative estimate of drug-likeness (QED) is 0.843. The first kappa shape index (κ1) is 11.5. The van der Waals surface area contributed by atoms with E-state index in [4.69, 9.17) is 0 Å². The topological polar surface area (TPSA) is 49.3 Å². The zero-order valence-electron chi connectivity index (χ0n) is 9.19. The molecule has 1 fully saturated rings. The van der Waals surface area contributed by atoms with Gasteiger partial charge in [-0.1, -0.05) is 17.7 Å². The van der Waals surface area contributed by atoms with Gasteiger partial charge in [-0.2, -0.15) is 0 Å². The lowest BCUT2D eigenvalue weighted by molar-refractivity contribution is -0.139. The molecule has 2 rings (SSSR count). The number of hydrogen-bond acceptors (Lipinski definition) is 3. The molecule has 0 aliphatic carbocycles. The summed E-state index contributed by atoms with van der Waals surface area (Å²) in [6.45, 7) is 3.35. The van der Waals surface area contributed by atoms with Gasteiger partial charge in [0.25, 0.3) is 0 Å². The Morgan fingerprint density at radius 2 is 2.12 bits per heavy atom. The minimum absolute atomic E-state index is 0.543. The highest BCUT2D eigenvalue weighted by Crippen LogP contribution is 2.37. The van der Waals surface area contributed by atoms with Crippen LogP contribution >= 0.6 is 11.8 Å². The van der Waals surface area contributed by atoms with E-state index < -0.39 is 10.7 Å². The fourth-order valence-corrected chi connectivity index (χ4v) is 3.00. The maximum absolute atomic E-state index is 11.3. The molecule has 1 unspecified atom stereocenters. The molecular formula is C12H15NO2S. The van der Waals surface area contributed by atoms with Gasteiger partial charge in [0.15, 0.2) is 0 Å². The van der Waals surface area contributed by atoms with Crippen LogP contribution in [0.1, 0.15) is 12.0 Å². The number of hydrogen-bond donors (Lipinski definition) is 2. The summed E-state index contributed by atoms with van der Waals surface area (Å²) in [5.74, 6) is -0.719. The molecule has 1 atom stereocenters. The normalized spacial score (nSPS) is 24.6. The van der Waals surface area contributed by atoms with Gasteiger partial charge in [-0.15, -0.1) is 11.8 Å². The van der Waals surface area contributed by atoms with Crippen molar-refractivity contribution in [3.63, 3.8) is 0 Å². The van der Waals surface area contributed by atoms with Crippen molar-refractivity contribution in [3.05, 3.63) is 29.8 Å². The van der Waals surface area contributed by atoms with Crippen molar-refractivity contribution in [1.29, 1.82) is 0 Å². The summed E-state index contributed by atoms with van der Waals surface area (Å²) in [5.41, 5.74) is 1.19. The number of aryl methyl sites for hydroxylation is 1. The summed E-state index contributed by atoms with van der Waals surface area (Å²) in [4.78, 5) is 12.4. The first-order valence-electron chi connectivity index (χ1n) is 5.32. The largest absolute Gasteiger partial charge is 0.480 e. The molecule has 1 heterocycles. The molecule has 0 amide bonds. The van der Waals surface area contributed by atoms with Gasteiger partial charge in [0, 0.05) is 11.4 Å². The Kier molecular flexibility index (Phi) is 3.21. The standard InChI is InChI=1S/C12H15NO2S/c1-9-2-4-10(5-3-9)16-12(11(14)15)6-7-13-8-12/h2-5,13H,6-8H2,1H3,(H,14,15). The molecule has 3 nitrogen and oxygen atoms in total. The number of thioether (sulfide) groups is 1. The second-order valence-electron chi connectivity index (χ2n) is 4.14. The van der Waals surface area contributed by atoms with Crippen LogP contribution in [-0.2, 0) is 4.79 Å². The molecule has 1 aliphatic rings. The molecule has 0 aromatic heterocycles. The van der Waals surface area contributed by atoms with Crippen LogP contribution in [0.4, 0.5) is 0 Å². The highest BCUT2D eigenvalue weighted by Gasteiger charge is 2.42. The van der Waals surface area contributed by atoms with Crippen molar-refractivity contribution < 1.29 is 9.90 Å². The fourth-order valence-electron chi connectivity index (χ4n) is 1.81. The van der Waals surface area contributed by atoms with Crippen molar-refractivity contribution in [2.75, 3.05) is 13.1 Å². The minimum atomic E-state index is -0.719. The minimum Gasteiger partial charge on any atom is -0.480 e. The van der Waals surface area contributed by atoms with Crippen LogP contribution in [-0.4, -0.2) is 28.9 Å². The predicted molar refractivity (Wildman–Crippen MR) is 64.9 cm³/mol. The van der Waals surface area contributed by atoms with Gasteiger partial charge in [0.05, 0.1) is 0 Å². The van der Waals surface area contributed by atoms with Crippen LogP contribution in [0.2, 0.25) is 0 Å². The molecule has 1 aliphatic heterocycles. The van der Waals surface area contributed by atoms with Gasteiger partial charge in [-0.3, -0.25) is 4.79 Å². The fraction of sp³-hybridized carbons (Fsp3) is 0.417. The Balaban J connectivity index is 2.18. The summed E-state index contributed by atoms with van der Waals surface area (Å²) in [5, 5.41) is 12.4. The van der Waals surface area contributed by atoms with Crippen molar-refractivity contribution in [1.82, 2.24) is 5.32 Å². The lowest BCUT2D eigenvalue weighted by Crippen LogP contribution is -2.37. The lowest BCUT2D eigenvalue weighted by Gasteiger charge is -2.22. The SMILES string of the molecule is Cc1ccc(SC2(C(=O)O)CCNC2)cc1. The summed E-state index contributed by atoms with van der Waals surface area (Å²) in [6.07, 6.45) is 0.681. The molecule has 0 saturated carbocycles. The van der Waals surface area contributed by atoms with Crippen LogP contribution in [0.15, 0.2) is 29.2 Å². The van der Waals surface area contributed by atoms with Gasteiger partial charge in [-0.05, 0) is 32.0 Å². The summed E-state index contributed by atoms with van der Waals surface area (Å²) < 4.78 is -0.685. The second-order valence-corrected chi connectivity index (χ2v) is 5.60. The zero-order valence-corrected chi connectivity index (χ0v) is 10.0. The number of nitrogens with one attached hydrogen (secondary N) is 1. The van der Waals surface area contributed by atoms with E-state index in [0.29, 0.717) is 13.0 Å². The Hall–Kier alpha value is -1.00. The van der Waals surface area contributed by atoms with Gasteiger partial charge < -0.3 is 10.4 Å². The average molecular weight is 237 g/mol. The highest BCUT2D eigenvalue weighted by molar-refractivity contribution is 8.01. The van der Waals surface area contributed by atoms with Gasteiger partial charge in [0.1, 0.15) is 4.75 Å². The van der Waals surface area contributed by atoms with Crippen molar-refractivity contribution in [2.24, 2.45) is 0 Å². The molecule has 0 radical (unpaired) electrons. The number of carboxylic acids is 1. The van der Waals surface area contributed by atoms with E-state index in [-0.39, 0.29) is 0 Å². The third-order valence-electron chi connectivity index (χ3n) is 2.84. The van der Waals surface area contributed by atoms with E-state index in [1.165, 1.54) is 17.3 Å². The first-order chi connectivity index (χ1) is 7.62. The van der Waals surface area contributed by atoms with E-state index in [9.17, 15) is 9.90 Å². The predicted octanol–water partition coefficient (Wildman–Crippen LogP) is 1.90. The van der Waals surface area contributed by atoms with Crippen molar-refractivity contribution >= 4 is 17.7 Å².